The lowest BCUT2D eigenvalue weighted by atomic mass is 9.92. The molecule has 3 heterocycles. The number of imidazole rings is 1. The number of H-pyrrole nitrogens is 1. The first-order valence-electron chi connectivity index (χ1n) is 10.2. The van der Waals surface area contributed by atoms with Gasteiger partial charge in [-0.1, -0.05) is 12.1 Å². The van der Waals surface area contributed by atoms with Crippen molar-refractivity contribution in [2.45, 2.75) is 13.5 Å². The van der Waals surface area contributed by atoms with Crippen LogP contribution in [-0.2, 0) is 6.54 Å². The van der Waals surface area contributed by atoms with E-state index >= 15 is 4.39 Å². The molecule has 33 heavy (non-hydrogen) atoms. The molecule has 4 N–H and O–H groups in total. The molecular weight excluding hydrogens is 423 g/mol. The van der Waals surface area contributed by atoms with Crippen LogP contribution < -0.4 is 16.0 Å². The number of carbonyl (C=O) groups is 2. The maximum Gasteiger partial charge on any atom is 0.324 e. The molecule has 0 bridgehead atoms. The van der Waals surface area contributed by atoms with Crippen LogP contribution in [0, 0.1) is 12.7 Å². The molecule has 2 aromatic heterocycles. The zero-order chi connectivity index (χ0) is 22.9. The summed E-state index contributed by atoms with van der Waals surface area (Å²) in [5.74, 6) is 0.229. The van der Waals surface area contributed by atoms with Crippen molar-refractivity contribution in [3.63, 3.8) is 0 Å². The number of amides is 3. The van der Waals surface area contributed by atoms with E-state index in [4.69, 9.17) is 0 Å². The molecule has 0 saturated carbocycles. The largest absolute Gasteiger partial charge is 0.348 e. The zero-order valence-corrected chi connectivity index (χ0v) is 17.6. The third-order valence-electron chi connectivity index (χ3n) is 5.35. The van der Waals surface area contributed by atoms with Gasteiger partial charge >= 0.3 is 6.03 Å². The summed E-state index contributed by atoms with van der Waals surface area (Å²) in [6.07, 6.45) is 3.25. The monoisotopic (exact) mass is 442 g/mol. The quantitative estimate of drug-likeness (QED) is 0.373. The Morgan fingerprint density at radius 3 is 2.58 bits per heavy atom. The summed E-state index contributed by atoms with van der Waals surface area (Å²) < 4.78 is 15.1. The number of aromatic amines is 1. The number of nitrogens with zero attached hydrogens (tertiary/aromatic N) is 2. The van der Waals surface area contributed by atoms with Crippen molar-refractivity contribution in [3.05, 3.63) is 83.6 Å². The second-order valence-corrected chi connectivity index (χ2v) is 7.60. The molecule has 0 radical (unpaired) electrons. The second kappa shape index (κ2) is 8.19. The van der Waals surface area contributed by atoms with E-state index in [1.54, 1.807) is 54.9 Å². The molecule has 2 aromatic carbocycles. The average Bonchev–Trinajstić information content (AvgIpc) is 3.40. The Hall–Kier alpha value is -4.53. The maximum atomic E-state index is 15.1. The number of nitrogens with one attached hydrogen (secondary N) is 4. The Labute approximate surface area is 188 Å². The Bertz CT molecular complexity index is 1380. The van der Waals surface area contributed by atoms with Crippen molar-refractivity contribution in [2.24, 2.45) is 0 Å². The molecule has 4 aromatic rings. The molecule has 8 nitrogen and oxygen atoms in total. The van der Waals surface area contributed by atoms with E-state index in [0.717, 1.165) is 5.69 Å². The van der Waals surface area contributed by atoms with Crippen LogP contribution in [0.3, 0.4) is 0 Å². The van der Waals surface area contributed by atoms with Crippen LogP contribution >= 0.6 is 0 Å². The first-order valence-corrected chi connectivity index (χ1v) is 10.2. The summed E-state index contributed by atoms with van der Waals surface area (Å²) in [5.41, 5.74) is 3.97. The molecule has 0 spiro atoms. The predicted octanol–water partition coefficient (Wildman–Crippen LogP) is 4.47. The summed E-state index contributed by atoms with van der Waals surface area (Å²) in [7, 11) is 0. The molecule has 0 fully saturated rings. The van der Waals surface area contributed by atoms with Crippen LogP contribution in [0.2, 0.25) is 0 Å². The van der Waals surface area contributed by atoms with Gasteiger partial charge in [-0.3, -0.25) is 10.1 Å². The van der Waals surface area contributed by atoms with Crippen LogP contribution in [0.5, 0.6) is 0 Å². The minimum atomic E-state index is -0.533. The zero-order valence-electron chi connectivity index (χ0n) is 17.6. The fourth-order valence-corrected chi connectivity index (χ4v) is 3.87. The summed E-state index contributed by atoms with van der Waals surface area (Å²) >= 11 is 0. The van der Waals surface area contributed by atoms with Crippen LogP contribution in [0.1, 0.15) is 21.6 Å². The van der Waals surface area contributed by atoms with E-state index in [1.165, 1.54) is 6.07 Å². The number of halogens is 1. The van der Waals surface area contributed by atoms with Crippen LogP contribution in [0.15, 0.2) is 60.9 Å². The number of hydrogen-bond donors (Lipinski definition) is 4. The summed E-state index contributed by atoms with van der Waals surface area (Å²) in [6, 6.07) is 12.6. The van der Waals surface area contributed by atoms with Crippen molar-refractivity contribution in [1.82, 2.24) is 20.3 Å². The minimum Gasteiger partial charge on any atom is -0.348 e. The highest BCUT2D eigenvalue weighted by Crippen LogP contribution is 2.36. The van der Waals surface area contributed by atoms with E-state index in [9.17, 15) is 9.59 Å². The SMILES string of the molecule is Cc1cnc(-c2ccc(-c3ccc(NC(=O)Nc4ccccn4)cc3F)c3c2C(=O)NC3)[nH]1. The standard InChI is InChI=1S/C24H19FN6O2/c1-13-11-27-22(29-13)17-8-7-15(18-12-28-23(32)21(17)18)16-6-5-14(10-19(16)25)30-24(33)31-20-4-2-3-9-26-20/h2-11H,12H2,1H3,(H,27,29)(H,28,32)(H2,26,30,31,33). The molecule has 0 aliphatic carbocycles. The molecule has 0 atom stereocenters. The van der Waals surface area contributed by atoms with Crippen molar-refractivity contribution in [1.29, 1.82) is 0 Å². The lowest BCUT2D eigenvalue weighted by molar-refractivity contribution is 0.0966. The van der Waals surface area contributed by atoms with Crippen molar-refractivity contribution < 1.29 is 14.0 Å². The lowest BCUT2D eigenvalue weighted by Gasteiger charge is -2.13. The lowest BCUT2D eigenvalue weighted by Crippen LogP contribution is -2.20. The Morgan fingerprint density at radius 2 is 1.85 bits per heavy atom. The van der Waals surface area contributed by atoms with E-state index < -0.39 is 11.8 Å². The van der Waals surface area contributed by atoms with Gasteiger partial charge in [0.25, 0.3) is 5.91 Å². The number of aromatic nitrogens is 3. The van der Waals surface area contributed by atoms with Crippen LogP contribution in [0.25, 0.3) is 22.5 Å². The summed E-state index contributed by atoms with van der Waals surface area (Å²) in [4.78, 5) is 36.2. The Kier molecular flexibility index (Phi) is 5.06. The number of rotatable bonds is 4. The van der Waals surface area contributed by atoms with Gasteiger partial charge in [-0.25, -0.2) is 19.2 Å². The van der Waals surface area contributed by atoms with Crippen LogP contribution in [0.4, 0.5) is 20.7 Å². The number of benzene rings is 2. The maximum absolute atomic E-state index is 15.1. The second-order valence-electron chi connectivity index (χ2n) is 7.60. The van der Waals surface area contributed by atoms with Crippen molar-refractivity contribution in [2.75, 3.05) is 10.6 Å². The highest BCUT2D eigenvalue weighted by molar-refractivity contribution is 6.06. The fraction of sp³-hybridized carbons (Fsp3) is 0.0833. The van der Waals surface area contributed by atoms with E-state index in [2.05, 4.69) is 30.9 Å². The number of fused-ring (bicyclic) bond motifs is 1. The highest BCUT2D eigenvalue weighted by Gasteiger charge is 2.28. The first-order chi connectivity index (χ1) is 16.0. The van der Waals surface area contributed by atoms with Gasteiger partial charge in [0.05, 0.1) is 5.56 Å². The Balaban J connectivity index is 1.44. The number of pyridine rings is 1. The van der Waals surface area contributed by atoms with E-state index in [-0.39, 0.29) is 5.91 Å². The molecule has 164 valence electrons. The number of hydrogen-bond acceptors (Lipinski definition) is 4. The number of anilines is 2. The first kappa shape index (κ1) is 20.4. The minimum absolute atomic E-state index is 0.221. The number of urea groups is 1. The van der Waals surface area contributed by atoms with Gasteiger partial charge in [0, 0.05) is 41.4 Å². The molecule has 1 aliphatic heterocycles. The summed E-state index contributed by atoms with van der Waals surface area (Å²) in [6.45, 7) is 2.18. The van der Waals surface area contributed by atoms with Gasteiger partial charge in [-0.15, -0.1) is 0 Å². The normalized spacial score (nSPS) is 12.2. The molecule has 0 unspecified atom stereocenters. The average molecular weight is 442 g/mol. The molecule has 9 heteroatoms. The van der Waals surface area contributed by atoms with E-state index in [0.29, 0.717) is 51.7 Å². The van der Waals surface area contributed by atoms with Gasteiger partial charge in [0.15, 0.2) is 0 Å². The fourth-order valence-electron chi connectivity index (χ4n) is 3.87. The number of carbonyl (C=O) groups excluding carboxylic acids is 2. The molecule has 1 aliphatic rings. The third-order valence-corrected chi connectivity index (χ3v) is 5.35. The van der Waals surface area contributed by atoms with Gasteiger partial charge < -0.3 is 15.6 Å². The van der Waals surface area contributed by atoms with Gasteiger partial charge in [-0.05, 0) is 54.4 Å². The topological polar surface area (TPSA) is 112 Å². The third kappa shape index (κ3) is 3.91. The van der Waals surface area contributed by atoms with Gasteiger partial charge in [0.2, 0.25) is 0 Å². The summed E-state index contributed by atoms with van der Waals surface area (Å²) in [5, 5.41) is 7.99. The van der Waals surface area contributed by atoms with Gasteiger partial charge in [0.1, 0.15) is 17.5 Å². The highest BCUT2D eigenvalue weighted by atomic mass is 19.1. The van der Waals surface area contributed by atoms with Gasteiger partial charge in [-0.2, -0.15) is 0 Å². The molecular formula is C24H19FN6O2. The smallest absolute Gasteiger partial charge is 0.324 e. The van der Waals surface area contributed by atoms with Crippen LogP contribution in [-0.4, -0.2) is 26.9 Å². The van der Waals surface area contributed by atoms with E-state index in [1.807, 2.05) is 6.92 Å². The van der Waals surface area contributed by atoms with Crippen molar-refractivity contribution >= 4 is 23.4 Å². The molecule has 5 rings (SSSR count). The number of aryl methyl sites for hydroxylation is 1. The molecule has 0 saturated heterocycles. The predicted molar refractivity (Wildman–Crippen MR) is 122 cm³/mol. The molecule has 3 amide bonds. The van der Waals surface area contributed by atoms with Crippen molar-refractivity contribution in [3.8, 4) is 22.5 Å². The Morgan fingerprint density at radius 1 is 1.03 bits per heavy atom.